The molecule has 0 spiro atoms. The number of nitrogens with one attached hydrogen (secondary N) is 1. The SMILES string of the molecule is CCCNC(CC)c1nnc(-c2ccc(C)c(Br)c2)o1. The number of aryl methyl sites for hydroxylation is 1. The van der Waals surface area contributed by atoms with Crippen LogP contribution in [0.2, 0.25) is 0 Å². The molecule has 0 aliphatic heterocycles. The lowest BCUT2D eigenvalue weighted by atomic mass is 10.1. The normalized spacial score (nSPS) is 12.6. The molecule has 1 aromatic heterocycles. The van der Waals surface area contributed by atoms with Gasteiger partial charge in [0.2, 0.25) is 11.8 Å². The van der Waals surface area contributed by atoms with E-state index in [4.69, 9.17) is 4.42 Å². The Bertz CT molecular complexity index is 568. The van der Waals surface area contributed by atoms with E-state index in [2.05, 4.69) is 52.2 Å². The average Bonchev–Trinajstić information content (AvgIpc) is 2.92. The molecule has 0 aliphatic rings. The Balaban J connectivity index is 2.20. The van der Waals surface area contributed by atoms with E-state index < -0.39 is 0 Å². The van der Waals surface area contributed by atoms with Gasteiger partial charge in [-0.3, -0.25) is 0 Å². The summed E-state index contributed by atoms with van der Waals surface area (Å²) in [5.74, 6) is 1.23. The quantitative estimate of drug-likeness (QED) is 0.855. The van der Waals surface area contributed by atoms with Crippen LogP contribution in [-0.2, 0) is 0 Å². The van der Waals surface area contributed by atoms with E-state index in [1.165, 1.54) is 5.56 Å². The highest BCUT2D eigenvalue weighted by Gasteiger charge is 2.17. The number of rotatable bonds is 6. The lowest BCUT2D eigenvalue weighted by molar-refractivity contribution is 0.396. The number of aromatic nitrogens is 2. The third kappa shape index (κ3) is 3.46. The Morgan fingerprint density at radius 3 is 2.75 bits per heavy atom. The van der Waals surface area contributed by atoms with Gasteiger partial charge in [0.25, 0.3) is 0 Å². The van der Waals surface area contributed by atoms with Crippen molar-refractivity contribution in [3.8, 4) is 11.5 Å². The van der Waals surface area contributed by atoms with Gasteiger partial charge in [-0.25, -0.2) is 0 Å². The van der Waals surface area contributed by atoms with Crippen molar-refractivity contribution in [2.24, 2.45) is 0 Å². The highest BCUT2D eigenvalue weighted by Crippen LogP contribution is 2.26. The van der Waals surface area contributed by atoms with E-state index in [1.807, 2.05) is 18.2 Å². The maximum atomic E-state index is 5.81. The smallest absolute Gasteiger partial charge is 0.247 e. The molecule has 5 heteroatoms. The maximum Gasteiger partial charge on any atom is 0.247 e. The van der Waals surface area contributed by atoms with Gasteiger partial charge in [0.1, 0.15) is 0 Å². The van der Waals surface area contributed by atoms with Crippen LogP contribution in [-0.4, -0.2) is 16.7 Å². The van der Waals surface area contributed by atoms with Crippen molar-refractivity contribution < 1.29 is 4.42 Å². The summed E-state index contributed by atoms with van der Waals surface area (Å²) >= 11 is 3.52. The number of nitrogens with zero attached hydrogens (tertiary/aromatic N) is 2. The Labute approximate surface area is 128 Å². The van der Waals surface area contributed by atoms with Crippen molar-refractivity contribution in [2.75, 3.05) is 6.54 Å². The van der Waals surface area contributed by atoms with Gasteiger partial charge in [-0.15, -0.1) is 10.2 Å². The first-order chi connectivity index (χ1) is 9.65. The molecule has 0 radical (unpaired) electrons. The minimum Gasteiger partial charge on any atom is -0.419 e. The zero-order valence-electron chi connectivity index (χ0n) is 12.1. The third-order valence-corrected chi connectivity index (χ3v) is 4.06. The Kier molecular flexibility index (Phi) is 5.31. The summed E-state index contributed by atoms with van der Waals surface area (Å²) in [7, 11) is 0. The van der Waals surface area contributed by atoms with Crippen LogP contribution in [0.3, 0.4) is 0 Å². The molecule has 2 rings (SSSR count). The van der Waals surface area contributed by atoms with Crippen molar-refractivity contribution in [2.45, 2.75) is 39.7 Å². The van der Waals surface area contributed by atoms with Crippen molar-refractivity contribution >= 4 is 15.9 Å². The maximum absolute atomic E-state index is 5.81. The molecule has 108 valence electrons. The molecular weight excluding hydrogens is 318 g/mol. The second-order valence-electron chi connectivity index (χ2n) is 4.82. The average molecular weight is 338 g/mol. The van der Waals surface area contributed by atoms with Gasteiger partial charge >= 0.3 is 0 Å². The van der Waals surface area contributed by atoms with Crippen molar-refractivity contribution in [3.63, 3.8) is 0 Å². The van der Waals surface area contributed by atoms with Gasteiger partial charge in [0, 0.05) is 10.0 Å². The molecule has 0 saturated carbocycles. The lowest BCUT2D eigenvalue weighted by Gasteiger charge is -2.11. The van der Waals surface area contributed by atoms with Crippen LogP contribution in [0.25, 0.3) is 11.5 Å². The molecule has 0 amide bonds. The molecule has 2 aromatic rings. The Hall–Kier alpha value is -1.20. The predicted octanol–water partition coefficient (Wildman–Crippen LogP) is 4.26. The molecule has 1 N–H and O–H groups in total. The summed E-state index contributed by atoms with van der Waals surface area (Å²) in [6, 6.07) is 6.17. The summed E-state index contributed by atoms with van der Waals surface area (Å²) in [5.41, 5.74) is 2.12. The fraction of sp³-hybridized carbons (Fsp3) is 0.467. The molecule has 1 aromatic carbocycles. The van der Waals surface area contributed by atoms with E-state index in [-0.39, 0.29) is 6.04 Å². The van der Waals surface area contributed by atoms with Crippen LogP contribution in [0, 0.1) is 6.92 Å². The van der Waals surface area contributed by atoms with E-state index in [9.17, 15) is 0 Å². The minimum atomic E-state index is 0.130. The first kappa shape index (κ1) is 15.2. The molecule has 1 unspecified atom stereocenters. The van der Waals surface area contributed by atoms with Gasteiger partial charge in [0.15, 0.2) is 0 Å². The number of hydrogen-bond acceptors (Lipinski definition) is 4. The zero-order chi connectivity index (χ0) is 14.5. The second-order valence-corrected chi connectivity index (χ2v) is 5.68. The minimum absolute atomic E-state index is 0.130. The van der Waals surface area contributed by atoms with Gasteiger partial charge in [0.05, 0.1) is 6.04 Å². The lowest BCUT2D eigenvalue weighted by Crippen LogP contribution is -2.21. The molecule has 0 bridgehead atoms. The first-order valence-electron chi connectivity index (χ1n) is 6.99. The molecule has 1 atom stereocenters. The highest BCUT2D eigenvalue weighted by molar-refractivity contribution is 9.10. The molecule has 20 heavy (non-hydrogen) atoms. The fourth-order valence-electron chi connectivity index (χ4n) is 1.94. The topological polar surface area (TPSA) is 51.0 Å². The molecule has 0 saturated heterocycles. The highest BCUT2D eigenvalue weighted by atomic mass is 79.9. The number of hydrogen-bond donors (Lipinski definition) is 1. The van der Waals surface area contributed by atoms with Crippen LogP contribution < -0.4 is 5.32 Å². The molecule has 0 aliphatic carbocycles. The van der Waals surface area contributed by atoms with Crippen LogP contribution in [0.5, 0.6) is 0 Å². The molecule has 1 heterocycles. The second kappa shape index (κ2) is 6.99. The first-order valence-corrected chi connectivity index (χ1v) is 7.78. The van der Waals surface area contributed by atoms with Gasteiger partial charge in [-0.05, 0) is 44.0 Å². The summed E-state index contributed by atoms with van der Waals surface area (Å²) in [4.78, 5) is 0. The molecule has 4 nitrogen and oxygen atoms in total. The van der Waals surface area contributed by atoms with Gasteiger partial charge in [-0.2, -0.15) is 0 Å². The Morgan fingerprint density at radius 1 is 1.30 bits per heavy atom. The van der Waals surface area contributed by atoms with E-state index >= 15 is 0 Å². The van der Waals surface area contributed by atoms with Crippen LogP contribution in [0.1, 0.15) is 44.2 Å². The predicted molar refractivity (Wildman–Crippen MR) is 83.5 cm³/mol. The van der Waals surface area contributed by atoms with Crippen LogP contribution in [0.4, 0.5) is 0 Å². The molecular formula is C15H20BrN3O. The summed E-state index contributed by atoms with van der Waals surface area (Å²) in [5, 5.41) is 11.7. The van der Waals surface area contributed by atoms with E-state index in [1.54, 1.807) is 0 Å². The monoisotopic (exact) mass is 337 g/mol. The summed E-state index contributed by atoms with van der Waals surface area (Å²) < 4.78 is 6.86. The number of halogens is 1. The standard InChI is InChI=1S/C15H20BrN3O/c1-4-8-17-13(5-2)15-19-18-14(20-15)11-7-6-10(3)12(16)9-11/h6-7,9,13,17H,4-5,8H2,1-3H3. The third-order valence-electron chi connectivity index (χ3n) is 3.21. The van der Waals surface area contributed by atoms with Crippen molar-refractivity contribution in [1.29, 1.82) is 0 Å². The largest absolute Gasteiger partial charge is 0.419 e. The zero-order valence-corrected chi connectivity index (χ0v) is 13.7. The van der Waals surface area contributed by atoms with E-state index in [0.29, 0.717) is 11.8 Å². The fourth-order valence-corrected chi connectivity index (χ4v) is 2.32. The van der Waals surface area contributed by atoms with Gasteiger partial charge < -0.3 is 9.73 Å². The van der Waals surface area contributed by atoms with Crippen molar-refractivity contribution in [1.82, 2.24) is 15.5 Å². The Morgan fingerprint density at radius 2 is 2.10 bits per heavy atom. The van der Waals surface area contributed by atoms with E-state index in [0.717, 1.165) is 29.4 Å². The van der Waals surface area contributed by atoms with Crippen LogP contribution in [0.15, 0.2) is 27.1 Å². The van der Waals surface area contributed by atoms with Crippen molar-refractivity contribution in [3.05, 3.63) is 34.1 Å². The number of benzene rings is 1. The van der Waals surface area contributed by atoms with Gasteiger partial charge in [-0.1, -0.05) is 35.8 Å². The van der Waals surface area contributed by atoms with Crippen LogP contribution >= 0.6 is 15.9 Å². The molecule has 0 fully saturated rings. The summed E-state index contributed by atoms with van der Waals surface area (Å²) in [6.07, 6.45) is 2.02. The summed E-state index contributed by atoms with van der Waals surface area (Å²) in [6.45, 7) is 7.25.